The van der Waals surface area contributed by atoms with Crippen molar-refractivity contribution in [3.8, 4) is 5.75 Å². The molecule has 0 bridgehead atoms. The van der Waals surface area contributed by atoms with Crippen molar-refractivity contribution >= 4 is 27.5 Å². The molecule has 0 aromatic heterocycles. The lowest BCUT2D eigenvalue weighted by Gasteiger charge is -2.19. The molecule has 19 heavy (non-hydrogen) atoms. The molecule has 0 radical (unpaired) electrons. The Bertz CT molecular complexity index is 448. The number of fused-ring (bicyclic) bond motifs is 1. The number of rotatable bonds is 6. The second kappa shape index (κ2) is 6.94. The smallest absolute Gasteiger partial charge is 0.224 e. The average molecular weight is 326 g/mol. The lowest BCUT2D eigenvalue weighted by molar-refractivity contribution is -0.116. The van der Waals surface area contributed by atoms with E-state index in [1.165, 1.54) is 12.0 Å². The first-order valence-electron chi connectivity index (χ1n) is 6.84. The third-order valence-electron chi connectivity index (χ3n) is 3.38. The van der Waals surface area contributed by atoms with Crippen molar-refractivity contribution < 1.29 is 9.53 Å². The van der Waals surface area contributed by atoms with Crippen molar-refractivity contribution in [3.63, 3.8) is 0 Å². The third-order valence-corrected chi connectivity index (χ3v) is 4.29. The van der Waals surface area contributed by atoms with Gasteiger partial charge in [-0.15, -0.1) is 0 Å². The van der Waals surface area contributed by atoms with E-state index in [0.717, 1.165) is 29.6 Å². The van der Waals surface area contributed by atoms with Crippen LogP contribution < -0.4 is 10.1 Å². The molecule has 0 saturated heterocycles. The molecule has 1 amide bonds. The standard InChI is InChI=1S/C15H20BrNO2/c1-2-3-11(9-16)10-19-13-6-4-12-5-7-15(18)17-14(12)8-13/h4,6,8,11H,2-3,5,7,9-10H2,1H3,(H,17,18). The molecule has 4 heteroatoms. The Morgan fingerprint density at radius 3 is 3.00 bits per heavy atom. The second-order valence-corrected chi connectivity index (χ2v) is 5.63. The van der Waals surface area contributed by atoms with E-state index < -0.39 is 0 Å². The van der Waals surface area contributed by atoms with Crippen LogP contribution in [0.5, 0.6) is 5.75 Å². The maximum atomic E-state index is 11.4. The van der Waals surface area contributed by atoms with E-state index in [2.05, 4.69) is 28.2 Å². The number of aryl methyl sites for hydroxylation is 1. The molecule has 1 aromatic rings. The fourth-order valence-electron chi connectivity index (χ4n) is 2.27. The van der Waals surface area contributed by atoms with Crippen LogP contribution in [0.2, 0.25) is 0 Å². The van der Waals surface area contributed by atoms with Crippen LogP contribution in [0.3, 0.4) is 0 Å². The number of halogens is 1. The molecule has 1 atom stereocenters. The van der Waals surface area contributed by atoms with E-state index in [0.29, 0.717) is 18.9 Å². The molecule has 3 nitrogen and oxygen atoms in total. The van der Waals surface area contributed by atoms with E-state index in [9.17, 15) is 4.79 Å². The van der Waals surface area contributed by atoms with Gasteiger partial charge >= 0.3 is 0 Å². The van der Waals surface area contributed by atoms with Gasteiger partial charge in [0.05, 0.1) is 6.61 Å². The Morgan fingerprint density at radius 1 is 1.42 bits per heavy atom. The van der Waals surface area contributed by atoms with Gasteiger partial charge in [-0.05, 0) is 24.5 Å². The van der Waals surface area contributed by atoms with E-state index >= 15 is 0 Å². The van der Waals surface area contributed by atoms with E-state index in [-0.39, 0.29) is 5.91 Å². The summed E-state index contributed by atoms with van der Waals surface area (Å²) < 4.78 is 5.83. The first-order valence-corrected chi connectivity index (χ1v) is 7.96. The number of anilines is 1. The largest absolute Gasteiger partial charge is 0.493 e. The Kier molecular flexibility index (Phi) is 5.25. The number of benzene rings is 1. The van der Waals surface area contributed by atoms with Gasteiger partial charge in [-0.1, -0.05) is 35.3 Å². The predicted octanol–water partition coefficient (Wildman–Crippen LogP) is 3.76. The summed E-state index contributed by atoms with van der Waals surface area (Å²) in [5.74, 6) is 1.47. The number of nitrogens with one attached hydrogen (secondary N) is 1. The molecule has 0 saturated carbocycles. The summed E-state index contributed by atoms with van der Waals surface area (Å²) in [4.78, 5) is 11.4. The summed E-state index contributed by atoms with van der Waals surface area (Å²) in [5.41, 5.74) is 2.09. The zero-order valence-electron chi connectivity index (χ0n) is 11.2. The number of carbonyl (C=O) groups excluding carboxylic acids is 1. The van der Waals surface area contributed by atoms with Crippen molar-refractivity contribution in [1.82, 2.24) is 0 Å². The maximum Gasteiger partial charge on any atom is 0.224 e. The molecule has 104 valence electrons. The van der Waals surface area contributed by atoms with E-state index in [1.807, 2.05) is 18.2 Å². The molecule has 1 aliphatic heterocycles. The highest BCUT2D eigenvalue weighted by Gasteiger charge is 2.15. The van der Waals surface area contributed by atoms with Crippen LogP contribution in [-0.2, 0) is 11.2 Å². The highest BCUT2D eigenvalue weighted by atomic mass is 79.9. The SMILES string of the molecule is CCCC(CBr)COc1ccc2c(c1)NC(=O)CC2. The van der Waals surface area contributed by atoms with Crippen molar-refractivity contribution in [2.45, 2.75) is 32.6 Å². The Labute approximate surface area is 122 Å². The molecule has 1 aliphatic rings. The van der Waals surface area contributed by atoms with Gasteiger partial charge in [-0.2, -0.15) is 0 Å². The van der Waals surface area contributed by atoms with Crippen LogP contribution in [0.15, 0.2) is 18.2 Å². The Morgan fingerprint density at radius 2 is 2.26 bits per heavy atom. The molecule has 0 spiro atoms. The molecule has 2 rings (SSSR count). The van der Waals surface area contributed by atoms with Crippen LogP contribution in [0.25, 0.3) is 0 Å². The summed E-state index contributed by atoms with van der Waals surface area (Å²) in [7, 11) is 0. The third kappa shape index (κ3) is 3.96. The summed E-state index contributed by atoms with van der Waals surface area (Å²) in [5, 5.41) is 3.86. The van der Waals surface area contributed by atoms with Gasteiger partial charge in [0.25, 0.3) is 0 Å². The van der Waals surface area contributed by atoms with Crippen LogP contribution in [-0.4, -0.2) is 17.8 Å². The Hall–Kier alpha value is -1.03. The fraction of sp³-hybridized carbons (Fsp3) is 0.533. The number of hydrogen-bond donors (Lipinski definition) is 1. The monoisotopic (exact) mass is 325 g/mol. The van der Waals surface area contributed by atoms with E-state index in [4.69, 9.17) is 4.74 Å². The van der Waals surface area contributed by atoms with Gasteiger partial charge in [0.1, 0.15) is 5.75 Å². The quantitative estimate of drug-likeness (QED) is 0.809. The number of hydrogen-bond acceptors (Lipinski definition) is 2. The summed E-state index contributed by atoms with van der Waals surface area (Å²) in [6, 6.07) is 5.98. The van der Waals surface area contributed by atoms with Crippen molar-refractivity contribution in [1.29, 1.82) is 0 Å². The lowest BCUT2D eigenvalue weighted by Crippen LogP contribution is -2.19. The highest BCUT2D eigenvalue weighted by molar-refractivity contribution is 9.09. The van der Waals surface area contributed by atoms with Gasteiger partial charge in [-0.3, -0.25) is 4.79 Å². The minimum absolute atomic E-state index is 0.0916. The van der Waals surface area contributed by atoms with Gasteiger partial charge in [0.15, 0.2) is 0 Å². The van der Waals surface area contributed by atoms with Gasteiger partial charge in [0, 0.05) is 29.4 Å². The van der Waals surface area contributed by atoms with Crippen LogP contribution in [0.1, 0.15) is 31.7 Å². The molecule has 0 fully saturated rings. The molecular formula is C15H20BrNO2. The fourth-order valence-corrected chi connectivity index (χ4v) is 2.78. The zero-order chi connectivity index (χ0) is 13.7. The van der Waals surface area contributed by atoms with Crippen molar-refractivity contribution in [3.05, 3.63) is 23.8 Å². The molecule has 1 unspecified atom stereocenters. The van der Waals surface area contributed by atoms with Crippen LogP contribution in [0.4, 0.5) is 5.69 Å². The van der Waals surface area contributed by atoms with Crippen LogP contribution >= 0.6 is 15.9 Å². The summed E-state index contributed by atoms with van der Waals surface area (Å²) >= 11 is 3.52. The highest BCUT2D eigenvalue weighted by Crippen LogP contribution is 2.27. The lowest BCUT2D eigenvalue weighted by atomic mass is 10.0. The summed E-state index contributed by atoms with van der Waals surface area (Å²) in [6.45, 7) is 2.90. The van der Waals surface area contributed by atoms with Crippen molar-refractivity contribution in [2.24, 2.45) is 5.92 Å². The second-order valence-electron chi connectivity index (χ2n) is 4.99. The zero-order valence-corrected chi connectivity index (χ0v) is 12.8. The van der Waals surface area contributed by atoms with Crippen LogP contribution in [0, 0.1) is 5.92 Å². The first-order chi connectivity index (χ1) is 9.22. The van der Waals surface area contributed by atoms with Gasteiger partial charge in [0.2, 0.25) is 5.91 Å². The Balaban J connectivity index is 1.98. The van der Waals surface area contributed by atoms with Gasteiger partial charge < -0.3 is 10.1 Å². The normalized spacial score (nSPS) is 15.6. The first kappa shape index (κ1) is 14.4. The van der Waals surface area contributed by atoms with E-state index in [1.54, 1.807) is 0 Å². The number of ether oxygens (including phenoxy) is 1. The predicted molar refractivity (Wildman–Crippen MR) is 81.1 cm³/mol. The molecule has 0 aliphatic carbocycles. The number of amides is 1. The molecule has 1 heterocycles. The maximum absolute atomic E-state index is 11.4. The molecular weight excluding hydrogens is 306 g/mol. The average Bonchev–Trinajstić information content (AvgIpc) is 2.43. The molecule has 1 N–H and O–H groups in total. The minimum Gasteiger partial charge on any atom is -0.493 e. The van der Waals surface area contributed by atoms with Gasteiger partial charge in [-0.25, -0.2) is 0 Å². The number of alkyl halides is 1. The van der Waals surface area contributed by atoms with Crippen molar-refractivity contribution in [2.75, 3.05) is 17.3 Å². The summed E-state index contributed by atoms with van der Waals surface area (Å²) in [6.07, 6.45) is 3.73. The topological polar surface area (TPSA) is 38.3 Å². The molecule has 1 aromatic carbocycles. The number of carbonyl (C=O) groups is 1. The minimum atomic E-state index is 0.0916.